The van der Waals surface area contributed by atoms with Crippen LogP contribution in [0.3, 0.4) is 0 Å². The number of hydrogen-bond acceptors (Lipinski definition) is 3. The number of nitrogens with one attached hydrogen (secondary N) is 1. The Balaban J connectivity index is 2.37. The molecule has 3 nitrogen and oxygen atoms in total. The van der Waals surface area contributed by atoms with E-state index in [1.165, 1.54) is 12.8 Å². The predicted molar refractivity (Wildman–Crippen MR) is 55.8 cm³/mol. The molecule has 0 aliphatic heterocycles. The third kappa shape index (κ3) is 3.28. The molecular weight excluding hydrogens is 176 g/mol. The van der Waals surface area contributed by atoms with Crippen LogP contribution >= 0.6 is 0 Å². The Labute approximate surface area is 86.4 Å². The second kappa shape index (κ2) is 6.00. The zero-order valence-corrected chi connectivity index (χ0v) is 9.12. The summed E-state index contributed by atoms with van der Waals surface area (Å²) in [7, 11) is 1.71. The molecule has 0 saturated heterocycles. The first kappa shape index (κ1) is 11.5. The minimum atomic E-state index is 0.197. The lowest BCUT2D eigenvalue weighted by molar-refractivity contribution is 0.157. The normalized spacial score (nSPS) is 29.5. The summed E-state index contributed by atoms with van der Waals surface area (Å²) in [6.07, 6.45) is 4.63. The standard InChI is InChI=1S/C11H20N2O/c1-9(8-14-2)13-11-6-4-3-5-10(11)7-12/h9-11,13H,3-6,8H2,1-2H3. The molecular formula is C11H20N2O. The average Bonchev–Trinajstić information content (AvgIpc) is 2.19. The van der Waals surface area contributed by atoms with Crippen molar-refractivity contribution in [2.75, 3.05) is 13.7 Å². The van der Waals surface area contributed by atoms with Crippen molar-refractivity contribution in [3.8, 4) is 6.07 Å². The van der Waals surface area contributed by atoms with E-state index in [-0.39, 0.29) is 5.92 Å². The second-order valence-corrected chi connectivity index (χ2v) is 4.15. The summed E-state index contributed by atoms with van der Waals surface area (Å²) in [4.78, 5) is 0. The molecule has 0 radical (unpaired) electrons. The fourth-order valence-electron chi connectivity index (χ4n) is 2.15. The maximum atomic E-state index is 8.98. The molecule has 3 atom stereocenters. The fraction of sp³-hybridized carbons (Fsp3) is 0.909. The maximum Gasteiger partial charge on any atom is 0.0672 e. The van der Waals surface area contributed by atoms with Crippen molar-refractivity contribution in [3.05, 3.63) is 0 Å². The lowest BCUT2D eigenvalue weighted by atomic mass is 9.85. The Kier molecular flexibility index (Phi) is 4.92. The van der Waals surface area contributed by atoms with Crippen molar-refractivity contribution in [2.45, 2.75) is 44.7 Å². The first-order valence-electron chi connectivity index (χ1n) is 5.42. The lowest BCUT2D eigenvalue weighted by Gasteiger charge is -2.30. The molecule has 80 valence electrons. The molecule has 0 bridgehead atoms. The Morgan fingerprint density at radius 2 is 2.21 bits per heavy atom. The first-order chi connectivity index (χ1) is 6.77. The minimum absolute atomic E-state index is 0.197. The van der Waals surface area contributed by atoms with E-state index in [2.05, 4.69) is 18.3 Å². The van der Waals surface area contributed by atoms with Crippen molar-refractivity contribution >= 4 is 0 Å². The van der Waals surface area contributed by atoms with Crippen LogP contribution in [0, 0.1) is 17.2 Å². The summed E-state index contributed by atoms with van der Waals surface area (Å²) in [6, 6.07) is 3.12. The Morgan fingerprint density at radius 1 is 1.50 bits per heavy atom. The molecule has 0 aromatic heterocycles. The van der Waals surface area contributed by atoms with E-state index >= 15 is 0 Å². The molecule has 0 amide bonds. The Bertz CT molecular complexity index is 200. The van der Waals surface area contributed by atoms with Gasteiger partial charge in [0.15, 0.2) is 0 Å². The summed E-state index contributed by atoms with van der Waals surface area (Å²) >= 11 is 0. The van der Waals surface area contributed by atoms with Gasteiger partial charge in [0.1, 0.15) is 0 Å². The van der Waals surface area contributed by atoms with Gasteiger partial charge in [-0.25, -0.2) is 0 Å². The van der Waals surface area contributed by atoms with Gasteiger partial charge in [-0.1, -0.05) is 12.8 Å². The number of rotatable bonds is 4. The summed E-state index contributed by atoms with van der Waals surface area (Å²) < 4.78 is 5.07. The van der Waals surface area contributed by atoms with Gasteiger partial charge in [-0.3, -0.25) is 0 Å². The first-order valence-corrected chi connectivity index (χ1v) is 5.42. The number of nitrogens with zero attached hydrogens (tertiary/aromatic N) is 1. The molecule has 1 rings (SSSR count). The third-order valence-electron chi connectivity index (χ3n) is 2.85. The Morgan fingerprint density at radius 3 is 2.86 bits per heavy atom. The molecule has 1 saturated carbocycles. The molecule has 1 aliphatic carbocycles. The van der Waals surface area contributed by atoms with Gasteiger partial charge in [0, 0.05) is 19.2 Å². The highest BCUT2D eigenvalue weighted by Crippen LogP contribution is 2.23. The van der Waals surface area contributed by atoms with Crippen LogP contribution in [-0.2, 0) is 4.74 Å². The highest BCUT2D eigenvalue weighted by atomic mass is 16.5. The monoisotopic (exact) mass is 196 g/mol. The molecule has 1 aliphatic rings. The van der Waals surface area contributed by atoms with E-state index in [4.69, 9.17) is 10.00 Å². The molecule has 0 aromatic carbocycles. The number of nitriles is 1. The molecule has 0 aromatic rings. The molecule has 0 spiro atoms. The van der Waals surface area contributed by atoms with Gasteiger partial charge in [0.25, 0.3) is 0 Å². The average molecular weight is 196 g/mol. The summed E-state index contributed by atoms with van der Waals surface area (Å²) in [5.41, 5.74) is 0. The van der Waals surface area contributed by atoms with Crippen molar-refractivity contribution < 1.29 is 4.74 Å². The molecule has 0 heterocycles. The van der Waals surface area contributed by atoms with Crippen LogP contribution in [0.5, 0.6) is 0 Å². The van der Waals surface area contributed by atoms with Gasteiger partial charge >= 0.3 is 0 Å². The van der Waals surface area contributed by atoms with Crippen LogP contribution < -0.4 is 5.32 Å². The van der Waals surface area contributed by atoms with E-state index < -0.39 is 0 Å². The molecule has 14 heavy (non-hydrogen) atoms. The summed E-state index contributed by atoms with van der Waals surface area (Å²) in [5, 5.41) is 12.5. The van der Waals surface area contributed by atoms with Crippen molar-refractivity contribution in [1.29, 1.82) is 5.26 Å². The zero-order chi connectivity index (χ0) is 10.4. The fourth-order valence-corrected chi connectivity index (χ4v) is 2.15. The number of methoxy groups -OCH3 is 1. The van der Waals surface area contributed by atoms with Crippen LogP contribution in [0.4, 0.5) is 0 Å². The molecule has 1 fully saturated rings. The lowest BCUT2D eigenvalue weighted by Crippen LogP contribution is -2.44. The van der Waals surface area contributed by atoms with E-state index in [1.54, 1.807) is 7.11 Å². The van der Waals surface area contributed by atoms with Crippen molar-refractivity contribution in [1.82, 2.24) is 5.32 Å². The van der Waals surface area contributed by atoms with Crippen molar-refractivity contribution in [3.63, 3.8) is 0 Å². The van der Waals surface area contributed by atoms with Crippen molar-refractivity contribution in [2.24, 2.45) is 5.92 Å². The van der Waals surface area contributed by atoms with Gasteiger partial charge in [-0.2, -0.15) is 5.26 Å². The van der Waals surface area contributed by atoms with Crippen LogP contribution in [-0.4, -0.2) is 25.8 Å². The van der Waals surface area contributed by atoms with Gasteiger partial charge in [0.2, 0.25) is 0 Å². The molecule has 3 unspecified atom stereocenters. The zero-order valence-electron chi connectivity index (χ0n) is 9.12. The Hall–Kier alpha value is -0.590. The van der Waals surface area contributed by atoms with Gasteiger partial charge in [0.05, 0.1) is 18.6 Å². The SMILES string of the molecule is COCC(C)NC1CCCCC1C#N. The molecule has 1 N–H and O–H groups in total. The van der Waals surface area contributed by atoms with Crippen LogP contribution in [0.1, 0.15) is 32.6 Å². The summed E-state index contributed by atoms with van der Waals surface area (Å²) in [6.45, 7) is 2.82. The maximum absolute atomic E-state index is 8.98. The van der Waals surface area contributed by atoms with E-state index in [0.29, 0.717) is 18.7 Å². The van der Waals surface area contributed by atoms with Crippen LogP contribution in [0.2, 0.25) is 0 Å². The predicted octanol–water partition coefficient (Wildman–Crippen LogP) is 1.69. The number of ether oxygens (including phenoxy) is 1. The third-order valence-corrected chi connectivity index (χ3v) is 2.85. The van der Waals surface area contributed by atoms with Crippen LogP contribution in [0.15, 0.2) is 0 Å². The van der Waals surface area contributed by atoms with E-state index in [1.807, 2.05) is 0 Å². The topological polar surface area (TPSA) is 45.0 Å². The van der Waals surface area contributed by atoms with Gasteiger partial charge in [-0.15, -0.1) is 0 Å². The molecule has 3 heteroatoms. The second-order valence-electron chi connectivity index (χ2n) is 4.15. The van der Waals surface area contributed by atoms with E-state index in [9.17, 15) is 0 Å². The number of hydrogen-bond donors (Lipinski definition) is 1. The van der Waals surface area contributed by atoms with Gasteiger partial charge in [-0.05, 0) is 19.8 Å². The smallest absolute Gasteiger partial charge is 0.0672 e. The van der Waals surface area contributed by atoms with Crippen LogP contribution in [0.25, 0.3) is 0 Å². The van der Waals surface area contributed by atoms with E-state index in [0.717, 1.165) is 12.8 Å². The summed E-state index contributed by atoms with van der Waals surface area (Å²) in [5.74, 6) is 0.197. The minimum Gasteiger partial charge on any atom is -0.383 e. The highest BCUT2D eigenvalue weighted by molar-refractivity contribution is 4.95. The largest absolute Gasteiger partial charge is 0.383 e. The highest BCUT2D eigenvalue weighted by Gasteiger charge is 2.25. The quantitative estimate of drug-likeness (QED) is 0.744. The van der Waals surface area contributed by atoms with Gasteiger partial charge < -0.3 is 10.1 Å².